The molecule has 1 aromatic carbocycles. The molecule has 28 heavy (non-hydrogen) atoms. The van der Waals surface area contributed by atoms with E-state index in [-0.39, 0.29) is 12.1 Å². The molecule has 1 fully saturated rings. The van der Waals surface area contributed by atoms with Crippen molar-refractivity contribution in [2.24, 2.45) is 0 Å². The summed E-state index contributed by atoms with van der Waals surface area (Å²) in [6, 6.07) is 5.66. The number of amides is 4. The van der Waals surface area contributed by atoms with Crippen molar-refractivity contribution in [3.63, 3.8) is 0 Å². The topological polar surface area (TPSA) is 69.7 Å². The Bertz CT molecular complexity index is 967. The van der Waals surface area contributed by atoms with Gasteiger partial charge in [0.15, 0.2) is 11.6 Å². The van der Waals surface area contributed by atoms with E-state index in [2.05, 4.69) is 5.32 Å². The molecule has 2 heterocycles. The van der Waals surface area contributed by atoms with E-state index in [1.165, 1.54) is 29.2 Å². The third-order valence-corrected chi connectivity index (χ3v) is 5.73. The van der Waals surface area contributed by atoms with Crippen molar-refractivity contribution in [3.8, 4) is 0 Å². The first-order chi connectivity index (χ1) is 13.1. The fourth-order valence-corrected chi connectivity index (χ4v) is 4.00. The molecule has 0 aliphatic carbocycles. The van der Waals surface area contributed by atoms with Crippen LogP contribution in [0.15, 0.2) is 30.3 Å². The molecule has 0 unspecified atom stereocenters. The van der Waals surface area contributed by atoms with E-state index in [4.69, 9.17) is 11.6 Å². The number of carbonyl (C=O) groups is 3. The normalized spacial score (nSPS) is 19.1. The number of nitrogens with zero attached hydrogens (tertiary/aromatic N) is 2. The molecule has 1 saturated heterocycles. The number of urea groups is 1. The van der Waals surface area contributed by atoms with E-state index in [9.17, 15) is 23.2 Å². The van der Waals surface area contributed by atoms with Crippen molar-refractivity contribution in [2.45, 2.75) is 19.0 Å². The summed E-state index contributed by atoms with van der Waals surface area (Å²) in [6.45, 7) is 1.18. The highest BCUT2D eigenvalue weighted by molar-refractivity contribution is 7.16. The van der Waals surface area contributed by atoms with Gasteiger partial charge >= 0.3 is 6.03 Å². The molecule has 10 heteroatoms. The lowest BCUT2D eigenvalue weighted by molar-refractivity contribution is -0.138. The van der Waals surface area contributed by atoms with Crippen LogP contribution < -0.4 is 5.32 Å². The monoisotopic (exact) mass is 427 g/mol. The first-order valence-corrected chi connectivity index (χ1v) is 9.39. The van der Waals surface area contributed by atoms with Gasteiger partial charge in [0.2, 0.25) is 5.91 Å². The molecule has 0 saturated carbocycles. The quantitative estimate of drug-likeness (QED) is 0.745. The van der Waals surface area contributed by atoms with Crippen LogP contribution in [0.4, 0.5) is 13.6 Å². The number of carbonyl (C=O) groups excluding carboxylic acids is 3. The predicted molar refractivity (Wildman–Crippen MR) is 99.8 cm³/mol. The molecule has 1 atom stereocenters. The second-order valence-corrected chi connectivity index (χ2v) is 8.33. The van der Waals surface area contributed by atoms with E-state index < -0.39 is 41.6 Å². The van der Waals surface area contributed by atoms with Crippen LogP contribution in [-0.2, 0) is 21.7 Å². The minimum Gasteiger partial charge on any atom is -0.339 e. The standard InChI is InChI=1S/C18H16ClF2N3O3S/c1-18(10-3-5-12(20)13(21)7-10)16(26)24(17(27)22-18)9-15(25)23(2)8-11-4-6-14(19)28-11/h3-7H,8-9H2,1-2H3,(H,22,27)/t18-/m1/s1. The summed E-state index contributed by atoms with van der Waals surface area (Å²) in [5.41, 5.74) is -1.51. The van der Waals surface area contributed by atoms with Crippen molar-refractivity contribution in [1.29, 1.82) is 0 Å². The van der Waals surface area contributed by atoms with Crippen LogP contribution in [0.2, 0.25) is 4.34 Å². The van der Waals surface area contributed by atoms with Gasteiger partial charge in [-0.2, -0.15) is 0 Å². The largest absolute Gasteiger partial charge is 0.339 e. The minimum absolute atomic E-state index is 0.0845. The number of hydrogen-bond acceptors (Lipinski definition) is 4. The Morgan fingerprint density at radius 1 is 1.25 bits per heavy atom. The molecule has 4 amide bonds. The van der Waals surface area contributed by atoms with Crippen LogP contribution in [0, 0.1) is 11.6 Å². The molecule has 1 aliphatic heterocycles. The number of thiophene rings is 1. The van der Waals surface area contributed by atoms with Crippen LogP contribution in [0.5, 0.6) is 0 Å². The molecule has 0 radical (unpaired) electrons. The number of rotatable bonds is 5. The van der Waals surface area contributed by atoms with Crippen molar-refractivity contribution < 1.29 is 23.2 Å². The fourth-order valence-electron chi connectivity index (χ4n) is 2.86. The SMILES string of the molecule is CN(Cc1ccc(Cl)s1)C(=O)CN1C(=O)N[C@](C)(c2ccc(F)c(F)c2)C1=O. The lowest BCUT2D eigenvalue weighted by Crippen LogP contribution is -2.43. The molecule has 6 nitrogen and oxygen atoms in total. The lowest BCUT2D eigenvalue weighted by Gasteiger charge is -2.23. The van der Waals surface area contributed by atoms with Gasteiger partial charge in [-0.1, -0.05) is 17.7 Å². The molecule has 2 aromatic rings. The summed E-state index contributed by atoms with van der Waals surface area (Å²) < 4.78 is 27.3. The van der Waals surface area contributed by atoms with Gasteiger partial charge in [0.05, 0.1) is 10.9 Å². The van der Waals surface area contributed by atoms with Crippen molar-refractivity contribution in [3.05, 3.63) is 56.7 Å². The van der Waals surface area contributed by atoms with Gasteiger partial charge in [-0.25, -0.2) is 13.6 Å². The van der Waals surface area contributed by atoms with E-state index in [0.717, 1.165) is 21.9 Å². The second-order valence-electron chi connectivity index (χ2n) is 6.53. The van der Waals surface area contributed by atoms with Crippen molar-refractivity contribution in [1.82, 2.24) is 15.1 Å². The second kappa shape index (κ2) is 7.48. The summed E-state index contributed by atoms with van der Waals surface area (Å²) in [6.07, 6.45) is 0. The number of halogens is 3. The van der Waals surface area contributed by atoms with Crippen LogP contribution in [0.25, 0.3) is 0 Å². The minimum atomic E-state index is -1.59. The molecule has 1 aliphatic rings. The van der Waals surface area contributed by atoms with Crippen LogP contribution in [0.1, 0.15) is 17.4 Å². The first kappa shape index (κ1) is 20.2. The van der Waals surface area contributed by atoms with E-state index in [1.54, 1.807) is 19.2 Å². The van der Waals surface area contributed by atoms with Gasteiger partial charge in [-0.05, 0) is 36.8 Å². The van der Waals surface area contributed by atoms with Gasteiger partial charge in [-0.3, -0.25) is 14.5 Å². The summed E-state index contributed by atoms with van der Waals surface area (Å²) in [5, 5.41) is 2.45. The summed E-state index contributed by atoms with van der Waals surface area (Å²) >= 11 is 7.19. The highest BCUT2D eigenvalue weighted by Crippen LogP contribution is 2.30. The first-order valence-electron chi connectivity index (χ1n) is 8.19. The molecule has 3 rings (SSSR count). The maximum atomic E-state index is 13.6. The molecule has 148 valence electrons. The highest BCUT2D eigenvalue weighted by Gasteiger charge is 2.49. The Labute approximate surface area is 168 Å². The Balaban J connectivity index is 1.74. The zero-order valence-electron chi connectivity index (χ0n) is 15.0. The maximum Gasteiger partial charge on any atom is 0.325 e. The Morgan fingerprint density at radius 3 is 2.57 bits per heavy atom. The van der Waals surface area contributed by atoms with E-state index >= 15 is 0 Å². The smallest absolute Gasteiger partial charge is 0.325 e. The molecular formula is C18H16ClF2N3O3S. The van der Waals surface area contributed by atoms with E-state index in [1.807, 2.05) is 0 Å². The molecule has 0 spiro atoms. The predicted octanol–water partition coefficient (Wildman–Crippen LogP) is 3.11. The zero-order chi connectivity index (χ0) is 20.6. The van der Waals surface area contributed by atoms with Gasteiger partial charge in [-0.15, -0.1) is 11.3 Å². The fraction of sp³-hybridized carbons (Fsp3) is 0.278. The highest BCUT2D eigenvalue weighted by atomic mass is 35.5. The number of nitrogens with one attached hydrogen (secondary N) is 1. The maximum absolute atomic E-state index is 13.6. The number of imide groups is 1. The van der Waals surface area contributed by atoms with Crippen molar-refractivity contribution in [2.75, 3.05) is 13.6 Å². The molecule has 0 bridgehead atoms. The van der Waals surface area contributed by atoms with Gasteiger partial charge in [0.25, 0.3) is 5.91 Å². The molecule has 1 N–H and O–H groups in total. The Hall–Kier alpha value is -2.52. The van der Waals surface area contributed by atoms with Gasteiger partial charge in [0, 0.05) is 11.9 Å². The van der Waals surface area contributed by atoms with Crippen LogP contribution in [-0.4, -0.2) is 41.2 Å². The number of hydrogen-bond donors (Lipinski definition) is 1. The summed E-state index contributed by atoms with van der Waals surface area (Å²) in [7, 11) is 1.54. The summed E-state index contributed by atoms with van der Waals surface area (Å²) in [4.78, 5) is 40.5. The third-order valence-electron chi connectivity index (χ3n) is 4.51. The zero-order valence-corrected chi connectivity index (χ0v) is 16.5. The van der Waals surface area contributed by atoms with Crippen LogP contribution >= 0.6 is 22.9 Å². The number of likely N-dealkylation sites (N-methyl/N-ethyl adjacent to an activating group) is 1. The average Bonchev–Trinajstić information content (AvgIpc) is 3.13. The average molecular weight is 428 g/mol. The van der Waals surface area contributed by atoms with E-state index in [0.29, 0.717) is 4.34 Å². The molecular weight excluding hydrogens is 412 g/mol. The Kier molecular flexibility index (Phi) is 5.40. The summed E-state index contributed by atoms with van der Waals surface area (Å²) in [5.74, 6) is -3.37. The molecule has 1 aromatic heterocycles. The Morgan fingerprint density at radius 2 is 1.96 bits per heavy atom. The third kappa shape index (κ3) is 3.72. The number of benzene rings is 1. The van der Waals surface area contributed by atoms with Crippen molar-refractivity contribution >= 4 is 40.8 Å². The van der Waals surface area contributed by atoms with Gasteiger partial charge < -0.3 is 10.2 Å². The van der Waals surface area contributed by atoms with Gasteiger partial charge in [0.1, 0.15) is 12.1 Å². The van der Waals surface area contributed by atoms with Crippen LogP contribution in [0.3, 0.4) is 0 Å². The lowest BCUT2D eigenvalue weighted by atomic mass is 9.92.